The van der Waals surface area contributed by atoms with Gasteiger partial charge in [-0.1, -0.05) is 6.42 Å². The van der Waals surface area contributed by atoms with Gasteiger partial charge in [0.2, 0.25) is 5.91 Å². The first-order valence-corrected chi connectivity index (χ1v) is 9.97. The molecule has 0 unspecified atom stereocenters. The lowest BCUT2D eigenvalue weighted by atomic mass is 9.68. The largest absolute Gasteiger partial charge is 0.356 e. The van der Waals surface area contributed by atoms with E-state index in [-0.39, 0.29) is 11.3 Å². The Labute approximate surface area is 146 Å². The fraction of sp³-hybridized carbons (Fsp3) is 0.667. The maximum absolute atomic E-state index is 12.4. The van der Waals surface area contributed by atoms with Crippen LogP contribution in [-0.2, 0) is 11.3 Å². The van der Waals surface area contributed by atoms with Crippen molar-refractivity contribution in [2.45, 2.75) is 58.4 Å². The van der Waals surface area contributed by atoms with Crippen LogP contribution in [0, 0.1) is 12.3 Å². The first kappa shape index (κ1) is 16.1. The van der Waals surface area contributed by atoms with E-state index in [0.717, 1.165) is 48.9 Å². The van der Waals surface area contributed by atoms with Gasteiger partial charge in [-0.05, 0) is 39.5 Å². The van der Waals surface area contributed by atoms with E-state index in [9.17, 15) is 4.79 Å². The lowest BCUT2D eigenvalue weighted by molar-refractivity contribution is -0.135. The summed E-state index contributed by atoms with van der Waals surface area (Å²) in [6.45, 7) is 6.33. The summed E-state index contributed by atoms with van der Waals surface area (Å²) in [5.41, 5.74) is 3.60. The Morgan fingerprint density at radius 1 is 1.46 bits per heavy atom. The van der Waals surface area contributed by atoms with Crippen molar-refractivity contribution in [3.05, 3.63) is 22.5 Å². The molecule has 0 aromatic carbocycles. The molecule has 2 aliphatic rings. The number of carbonyl (C=O) groups excluding carboxylic acids is 1. The topological polar surface area (TPSA) is 58.4 Å². The zero-order valence-corrected chi connectivity index (χ0v) is 15.3. The van der Waals surface area contributed by atoms with Crippen molar-refractivity contribution in [2.75, 3.05) is 13.1 Å². The minimum Gasteiger partial charge on any atom is -0.356 e. The minimum absolute atomic E-state index is 0.193. The molecule has 2 fully saturated rings. The smallest absolute Gasteiger partial charge is 0.227 e. The van der Waals surface area contributed by atoms with Crippen LogP contribution in [0.5, 0.6) is 0 Å². The molecule has 0 saturated heterocycles. The van der Waals surface area contributed by atoms with E-state index in [4.69, 9.17) is 4.98 Å². The van der Waals surface area contributed by atoms with E-state index in [2.05, 4.69) is 27.3 Å². The predicted octanol–water partition coefficient (Wildman–Crippen LogP) is 2.98. The zero-order valence-electron chi connectivity index (χ0n) is 14.5. The highest BCUT2D eigenvalue weighted by atomic mass is 32.1. The number of nitrogens with one attached hydrogen (secondary N) is 2. The van der Waals surface area contributed by atoms with E-state index >= 15 is 0 Å². The summed E-state index contributed by atoms with van der Waals surface area (Å²) in [7, 11) is 0. The lowest BCUT2D eigenvalue weighted by Crippen LogP contribution is -2.51. The Bertz CT molecular complexity index is 754. The molecule has 2 N–H and O–H groups in total. The van der Waals surface area contributed by atoms with Gasteiger partial charge in [0.05, 0.1) is 16.8 Å². The molecule has 2 aromatic heterocycles. The van der Waals surface area contributed by atoms with Gasteiger partial charge in [0.25, 0.3) is 0 Å². The SMILES string of the molecule is CCNC(=O)C1(CNCc2c(C)nc3scc(C4CC4)n23)CCC1. The Balaban J connectivity index is 1.48. The van der Waals surface area contributed by atoms with Crippen LogP contribution in [0.3, 0.4) is 0 Å². The summed E-state index contributed by atoms with van der Waals surface area (Å²) in [4.78, 5) is 18.2. The van der Waals surface area contributed by atoms with Gasteiger partial charge in [0, 0.05) is 36.6 Å². The molecule has 0 spiro atoms. The Kier molecular flexibility index (Phi) is 4.12. The molecule has 24 heavy (non-hydrogen) atoms. The van der Waals surface area contributed by atoms with Crippen molar-refractivity contribution in [3.8, 4) is 0 Å². The molecule has 0 aliphatic heterocycles. The molecule has 2 aromatic rings. The molecule has 0 bridgehead atoms. The molecule has 2 saturated carbocycles. The number of fused-ring (bicyclic) bond motifs is 1. The predicted molar refractivity (Wildman–Crippen MR) is 96.5 cm³/mol. The summed E-state index contributed by atoms with van der Waals surface area (Å²) in [5.74, 6) is 0.938. The summed E-state index contributed by atoms with van der Waals surface area (Å²) in [5, 5.41) is 8.84. The molecule has 6 heteroatoms. The number of rotatable bonds is 7. The number of thiazole rings is 1. The fourth-order valence-corrected chi connectivity index (χ4v) is 4.80. The Morgan fingerprint density at radius 3 is 2.88 bits per heavy atom. The van der Waals surface area contributed by atoms with Gasteiger partial charge in [-0.3, -0.25) is 9.20 Å². The zero-order chi connectivity index (χ0) is 16.7. The lowest BCUT2D eigenvalue weighted by Gasteiger charge is -2.40. The van der Waals surface area contributed by atoms with Crippen LogP contribution in [0.15, 0.2) is 5.38 Å². The first-order chi connectivity index (χ1) is 11.6. The molecule has 0 radical (unpaired) electrons. The molecular formula is C18H26N4OS. The van der Waals surface area contributed by atoms with Crippen molar-refractivity contribution < 1.29 is 4.79 Å². The van der Waals surface area contributed by atoms with Crippen molar-refractivity contribution in [3.63, 3.8) is 0 Å². The van der Waals surface area contributed by atoms with Gasteiger partial charge in [-0.2, -0.15) is 0 Å². The average molecular weight is 347 g/mol. The molecule has 2 heterocycles. The number of carbonyl (C=O) groups is 1. The number of aryl methyl sites for hydroxylation is 1. The molecule has 2 aliphatic carbocycles. The van der Waals surface area contributed by atoms with Crippen LogP contribution in [-0.4, -0.2) is 28.4 Å². The van der Waals surface area contributed by atoms with Gasteiger partial charge in [0.1, 0.15) is 0 Å². The number of amides is 1. The quantitative estimate of drug-likeness (QED) is 0.810. The van der Waals surface area contributed by atoms with Crippen LogP contribution in [0.25, 0.3) is 4.96 Å². The van der Waals surface area contributed by atoms with Gasteiger partial charge in [-0.25, -0.2) is 4.98 Å². The van der Waals surface area contributed by atoms with E-state index in [1.54, 1.807) is 11.3 Å². The number of aromatic nitrogens is 2. The maximum atomic E-state index is 12.4. The maximum Gasteiger partial charge on any atom is 0.227 e. The molecule has 0 atom stereocenters. The Hall–Kier alpha value is -1.40. The van der Waals surface area contributed by atoms with E-state index in [1.807, 2.05) is 6.92 Å². The summed E-state index contributed by atoms with van der Waals surface area (Å²) < 4.78 is 2.35. The average Bonchev–Trinajstić information content (AvgIpc) is 3.20. The second-order valence-corrected chi connectivity index (χ2v) is 8.13. The van der Waals surface area contributed by atoms with Crippen molar-refractivity contribution >= 4 is 22.2 Å². The van der Waals surface area contributed by atoms with Gasteiger partial charge in [0.15, 0.2) is 4.96 Å². The Morgan fingerprint density at radius 2 is 2.25 bits per heavy atom. The first-order valence-electron chi connectivity index (χ1n) is 9.09. The standard InChI is InChI=1S/C18H26N4OS/c1-3-20-16(23)18(7-4-8-18)11-19-9-14-12(2)21-17-22(14)15(10-24-17)13-5-6-13/h10,13,19H,3-9,11H2,1-2H3,(H,20,23). The van der Waals surface area contributed by atoms with Gasteiger partial charge >= 0.3 is 0 Å². The highest BCUT2D eigenvalue weighted by molar-refractivity contribution is 7.15. The van der Waals surface area contributed by atoms with Crippen molar-refractivity contribution in [1.82, 2.24) is 20.0 Å². The molecular weight excluding hydrogens is 320 g/mol. The van der Waals surface area contributed by atoms with Crippen LogP contribution < -0.4 is 10.6 Å². The number of nitrogens with zero attached hydrogens (tertiary/aromatic N) is 2. The summed E-state index contributed by atoms with van der Waals surface area (Å²) >= 11 is 1.74. The normalized spacial score (nSPS) is 19.4. The molecule has 130 valence electrons. The number of hydrogen-bond acceptors (Lipinski definition) is 4. The van der Waals surface area contributed by atoms with Crippen LogP contribution in [0.4, 0.5) is 0 Å². The third kappa shape index (κ3) is 2.65. The fourth-order valence-electron chi connectivity index (χ4n) is 3.77. The van der Waals surface area contributed by atoms with Crippen molar-refractivity contribution in [2.24, 2.45) is 5.41 Å². The second-order valence-electron chi connectivity index (χ2n) is 7.29. The highest BCUT2D eigenvalue weighted by Crippen LogP contribution is 2.43. The van der Waals surface area contributed by atoms with Gasteiger partial charge < -0.3 is 10.6 Å². The third-order valence-corrected chi connectivity index (χ3v) is 6.41. The minimum atomic E-state index is -0.193. The van der Waals surface area contributed by atoms with E-state index in [0.29, 0.717) is 6.54 Å². The molecule has 1 amide bonds. The van der Waals surface area contributed by atoms with Crippen molar-refractivity contribution in [1.29, 1.82) is 0 Å². The second kappa shape index (κ2) is 6.15. The van der Waals surface area contributed by atoms with E-state index in [1.165, 1.54) is 24.2 Å². The van der Waals surface area contributed by atoms with Crippen LogP contribution >= 0.6 is 11.3 Å². The van der Waals surface area contributed by atoms with E-state index < -0.39 is 0 Å². The molecule has 5 nitrogen and oxygen atoms in total. The number of imidazole rings is 1. The molecule has 4 rings (SSSR count). The monoisotopic (exact) mass is 346 g/mol. The van der Waals surface area contributed by atoms with Gasteiger partial charge in [-0.15, -0.1) is 11.3 Å². The summed E-state index contributed by atoms with van der Waals surface area (Å²) in [6, 6.07) is 0. The third-order valence-electron chi connectivity index (χ3n) is 5.57. The van der Waals surface area contributed by atoms with Crippen LogP contribution in [0.2, 0.25) is 0 Å². The highest BCUT2D eigenvalue weighted by Gasteiger charge is 2.43. The van der Waals surface area contributed by atoms with Crippen LogP contribution in [0.1, 0.15) is 62.0 Å². The summed E-state index contributed by atoms with van der Waals surface area (Å²) in [6.07, 6.45) is 5.76. The number of hydrogen-bond donors (Lipinski definition) is 2.